The van der Waals surface area contributed by atoms with E-state index in [0.717, 1.165) is 11.3 Å². The summed E-state index contributed by atoms with van der Waals surface area (Å²) in [5.74, 6) is 1.42. The number of benzene rings is 1. The zero-order chi connectivity index (χ0) is 12.1. The molecule has 1 atom stereocenters. The van der Waals surface area contributed by atoms with Gasteiger partial charge in [-0.15, -0.1) is 0 Å². The van der Waals surface area contributed by atoms with Crippen molar-refractivity contribution in [1.82, 2.24) is 0 Å². The molecule has 0 heterocycles. The van der Waals surface area contributed by atoms with E-state index in [0.29, 0.717) is 12.3 Å². The van der Waals surface area contributed by atoms with Crippen molar-refractivity contribution in [3.8, 4) is 11.5 Å². The summed E-state index contributed by atoms with van der Waals surface area (Å²) < 4.78 is 10.9. The predicted octanol–water partition coefficient (Wildman–Crippen LogP) is 1.44. The first kappa shape index (κ1) is 12.8. The van der Waals surface area contributed by atoms with Crippen LogP contribution in [-0.2, 0) is 0 Å². The molecule has 0 saturated carbocycles. The smallest absolute Gasteiger partial charge is 0.161 e. The fourth-order valence-electron chi connectivity index (χ4n) is 1.40. The number of methoxy groups -OCH3 is 1. The van der Waals surface area contributed by atoms with Gasteiger partial charge in [-0.3, -0.25) is 0 Å². The molecule has 4 nitrogen and oxygen atoms in total. The Kier molecular flexibility index (Phi) is 4.58. The maximum atomic E-state index is 5.85. The van der Waals surface area contributed by atoms with E-state index in [-0.39, 0.29) is 12.1 Å². The van der Waals surface area contributed by atoms with Crippen molar-refractivity contribution in [2.24, 2.45) is 11.5 Å². The average molecular weight is 224 g/mol. The van der Waals surface area contributed by atoms with E-state index in [1.807, 2.05) is 32.0 Å². The molecular weight excluding hydrogens is 204 g/mol. The van der Waals surface area contributed by atoms with Crippen molar-refractivity contribution >= 4 is 0 Å². The number of nitrogens with two attached hydrogens (primary N) is 2. The topological polar surface area (TPSA) is 70.5 Å². The Hall–Kier alpha value is -1.26. The molecule has 0 amide bonds. The first-order valence-corrected chi connectivity index (χ1v) is 5.38. The molecule has 1 aromatic carbocycles. The number of rotatable bonds is 5. The van der Waals surface area contributed by atoms with E-state index < -0.39 is 0 Å². The minimum atomic E-state index is -0.165. The summed E-state index contributed by atoms with van der Waals surface area (Å²) in [7, 11) is 1.61. The molecule has 0 unspecified atom stereocenters. The summed E-state index contributed by atoms with van der Waals surface area (Å²) in [4.78, 5) is 0. The molecule has 0 aliphatic carbocycles. The van der Waals surface area contributed by atoms with Gasteiger partial charge >= 0.3 is 0 Å². The lowest BCUT2D eigenvalue weighted by atomic mass is 10.1. The van der Waals surface area contributed by atoms with Crippen LogP contribution in [0.2, 0.25) is 0 Å². The van der Waals surface area contributed by atoms with Gasteiger partial charge in [-0.1, -0.05) is 6.07 Å². The summed E-state index contributed by atoms with van der Waals surface area (Å²) in [6.45, 7) is 4.35. The van der Waals surface area contributed by atoms with Crippen molar-refractivity contribution < 1.29 is 9.47 Å². The quantitative estimate of drug-likeness (QED) is 0.794. The Balaban J connectivity index is 2.97. The Morgan fingerprint density at radius 3 is 2.44 bits per heavy atom. The van der Waals surface area contributed by atoms with Gasteiger partial charge in [0.05, 0.1) is 13.2 Å². The third kappa shape index (κ3) is 3.12. The molecule has 4 heteroatoms. The van der Waals surface area contributed by atoms with E-state index >= 15 is 0 Å². The van der Waals surface area contributed by atoms with Gasteiger partial charge < -0.3 is 20.9 Å². The lowest BCUT2D eigenvalue weighted by Gasteiger charge is -2.16. The molecule has 0 saturated heterocycles. The lowest BCUT2D eigenvalue weighted by Crippen LogP contribution is -2.20. The van der Waals surface area contributed by atoms with Crippen LogP contribution in [0.15, 0.2) is 18.2 Å². The molecule has 4 N–H and O–H groups in total. The maximum Gasteiger partial charge on any atom is 0.161 e. The van der Waals surface area contributed by atoms with Crippen molar-refractivity contribution in [3.05, 3.63) is 23.8 Å². The maximum absolute atomic E-state index is 5.85. The van der Waals surface area contributed by atoms with Crippen LogP contribution in [0, 0.1) is 0 Å². The molecule has 16 heavy (non-hydrogen) atoms. The molecule has 1 aromatic rings. The normalized spacial score (nSPS) is 12.6. The van der Waals surface area contributed by atoms with E-state index in [2.05, 4.69) is 0 Å². The Morgan fingerprint density at radius 1 is 1.25 bits per heavy atom. The SMILES string of the molecule is COc1cc([C@@H](N)CN)ccc1OC(C)C. The zero-order valence-corrected chi connectivity index (χ0v) is 10.1. The fraction of sp³-hybridized carbons (Fsp3) is 0.500. The van der Waals surface area contributed by atoms with Crippen molar-refractivity contribution in [3.63, 3.8) is 0 Å². The van der Waals surface area contributed by atoms with Gasteiger partial charge in [0, 0.05) is 12.6 Å². The van der Waals surface area contributed by atoms with Gasteiger partial charge in [0.15, 0.2) is 11.5 Å². The minimum Gasteiger partial charge on any atom is -0.493 e. The minimum absolute atomic E-state index is 0.114. The zero-order valence-electron chi connectivity index (χ0n) is 10.1. The van der Waals surface area contributed by atoms with E-state index in [1.165, 1.54) is 0 Å². The molecule has 0 bridgehead atoms. The summed E-state index contributed by atoms with van der Waals surface area (Å²) in [6, 6.07) is 5.48. The average Bonchev–Trinajstić information content (AvgIpc) is 2.27. The monoisotopic (exact) mass is 224 g/mol. The van der Waals surface area contributed by atoms with E-state index in [9.17, 15) is 0 Å². The fourth-order valence-corrected chi connectivity index (χ4v) is 1.40. The second-order valence-corrected chi connectivity index (χ2v) is 3.92. The largest absolute Gasteiger partial charge is 0.493 e. The molecule has 0 radical (unpaired) electrons. The first-order valence-electron chi connectivity index (χ1n) is 5.38. The Labute approximate surface area is 96.5 Å². The molecule has 0 fully saturated rings. The predicted molar refractivity (Wildman–Crippen MR) is 64.7 cm³/mol. The summed E-state index contributed by atoms with van der Waals surface area (Å²) >= 11 is 0. The number of hydrogen-bond acceptors (Lipinski definition) is 4. The molecule has 90 valence electrons. The van der Waals surface area contributed by atoms with Gasteiger partial charge in [0.2, 0.25) is 0 Å². The van der Waals surface area contributed by atoms with Gasteiger partial charge in [-0.05, 0) is 31.5 Å². The number of hydrogen-bond donors (Lipinski definition) is 2. The van der Waals surface area contributed by atoms with Gasteiger partial charge in [0.25, 0.3) is 0 Å². The van der Waals surface area contributed by atoms with Crippen LogP contribution in [0.25, 0.3) is 0 Å². The second kappa shape index (κ2) is 5.72. The van der Waals surface area contributed by atoms with Gasteiger partial charge in [-0.25, -0.2) is 0 Å². The van der Waals surface area contributed by atoms with Crippen molar-refractivity contribution in [2.45, 2.75) is 26.0 Å². The molecule has 0 spiro atoms. The van der Waals surface area contributed by atoms with E-state index in [1.54, 1.807) is 7.11 Å². The Morgan fingerprint density at radius 2 is 1.94 bits per heavy atom. The van der Waals surface area contributed by atoms with Crippen LogP contribution in [0.3, 0.4) is 0 Å². The van der Waals surface area contributed by atoms with Crippen LogP contribution in [0.1, 0.15) is 25.5 Å². The highest BCUT2D eigenvalue weighted by Gasteiger charge is 2.10. The second-order valence-electron chi connectivity index (χ2n) is 3.92. The third-order valence-corrected chi connectivity index (χ3v) is 2.23. The molecule has 0 aliphatic heterocycles. The molecular formula is C12H20N2O2. The molecule has 1 rings (SSSR count). The van der Waals surface area contributed by atoms with Crippen molar-refractivity contribution in [2.75, 3.05) is 13.7 Å². The highest BCUT2D eigenvalue weighted by molar-refractivity contribution is 5.44. The third-order valence-electron chi connectivity index (χ3n) is 2.23. The van der Waals surface area contributed by atoms with Crippen LogP contribution >= 0.6 is 0 Å². The molecule has 0 aliphatic rings. The highest BCUT2D eigenvalue weighted by atomic mass is 16.5. The van der Waals surface area contributed by atoms with Crippen LogP contribution in [0.5, 0.6) is 11.5 Å². The summed E-state index contributed by atoms with van der Waals surface area (Å²) in [6.07, 6.45) is 0.114. The Bertz CT molecular complexity index is 340. The van der Waals surface area contributed by atoms with Crippen LogP contribution in [-0.4, -0.2) is 19.8 Å². The summed E-state index contributed by atoms with van der Waals surface area (Å²) in [5.41, 5.74) is 12.3. The first-order chi connectivity index (χ1) is 7.58. The van der Waals surface area contributed by atoms with E-state index in [4.69, 9.17) is 20.9 Å². The lowest BCUT2D eigenvalue weighted by molar-refractivity contribution is 0.230. The van der Waals surface area contributed by atoms with Gasteiger partial charge in [-0.2, -0.15) is 0 Å². The van der Waals surface area contributed by atoms with Crippen LogP contribution in [0.4, 0.5) is 0 Å². The van der Waals surface area contributed by atoms with Gasteiger partial charge in [0.1, 0.15) is 0 Å². The summed E-state index contributed by atoms with van der Waals surface area (Å²) in [5, 5.41) is 0. The van der Waals surface area contributed by atoms with Crippen LogP contribution < -0.4 is 20.9 Å². The van der Waals surface area contributed by atoms with Crippen molar-refractivity contribution in [1.29, 1.82) is 0 Å². The highest BCUT2D eigenvalue weighted by Crippen LogP contribution is 2.30. The molecule has 0 aromatic heterocycles. The standard InChI is InChI=1S/C12H20N2O2/c1-8(2)16-11-5-4-9(10(14)7-13)6-12(11)15-3/h4-6,8,10H,7,13-14H2,1-3H3/t10-/m0/s1. The number of ether oxygens (including phenoxy) is 2.